The van der Waals surface area contributed by atoms with Crippen molar-refractivity contribution >= 4 is 15.4 Å². The van der Waals surface area contributed by atoms with Crippen LogP contribution < -0.4 is 0 Å². The molecule has 1 heterocycles. The van der Waals surface area contributed by atoms with Crippen LogP contribution in [-0.4, -0.2) is 14.9 Å². The van der Waals surface area contributed by atoms with Gasteiger partial charge in [-0.25, -0.2) is 9.19 Å². The molecule has 4 heteroatoms. The van der Waals surface area contributed by atoms with Gasteiger partial charge in [0.25, 0.3) is 0 Å². The van der Waals surface area contributed by atoms with Gasteiger partial charge in [-0.1, -0.05) is 30.7 Å². The Hall–Kier alpha value is -1.68. The lowest BCUT2D eigenvalue weighted by atomic mass is 10.1. The summed E-state index contributed by atoms with van der Waals surface area (Å²) < 4.78 is 17.7. The summed E-state index contributed by atoms with van der Waals surface area (Å²) in [5.41, 5.74) is 4.13. The number of rotatable bonds is 3. The van der Waals surface area contributed by atoms with E-state index in [0.717, 1.165) is 16.8 Å². The number of aromatic nitrogens is 1. The molecule has 0 aliphatic rings. The standard InChI is InChI=1S/C16H20N2OS/c1-5-20(19,15-8-6-7-9-17-15)18-16-13(3)10-12(2)11-14(16)4/h6-11H,5H2,1-4H3. The molecule has 1 aromatic heterocycles. The van der Waals surface area contributed by atoms with Crippen LogP contribution in [0.3, 0.4) is 0 Å². The van der Waals surface area contributed by atoms with Crippen LogP contribution >= 0.6 is 0 Å². The number of hydrogen-bond acceptors (Lipinski definition) is 3. The van der Waals surface area contributed by atoms with Crippen LogP contribution in [0.4, 0.5) is 5.69 Å². The first-order valence-electron chi connectivity index (χ1n) is 6.70. The molecule has 1 atom stereocenters. The summed E-state index contributed by atoms with van der Waals surface area (Å²) >= 11 is 0. The molecule has 0 bridgehead atoms. The Labute approximate surface area is 121 Å². The molecule has 1 unspecified atom stereocenters. The average molecular weight is 288 g/mol. The highest BCUT2D eigenvalue weighted by Gasteiger charge is 2.13. The molecule has 0 fully saturated rings. The topological polar surface area (TPSA) is 42.3 Å². The normalized spacial score (nSPS) is 13.8. The van der Waals surface area contributed by atoms with Crippen LogP contribution in [0.1, 0.15) is 23.6 Å². The third-order valence-electron chi connectivity index (χ3n) is 3.23. The van der Waals surface area contributed by atoms with Gasteiger partial charge in [-0.3, -0.25) is 0 Å². The molecule has 2 aromatic rings. The average Bonchev–Trinajstić information content (AvgIpc) is 2.43. The van der Waals surface area contributed by atoms with E-state index >= 15 is 0 Å². The van der Waals surface area contributed by atoms with Gasteiger partial charge >= 0.3 is 0 Å². The zero-order chi connectivity index (χ0) is 14.8. The number of aryl methyl sites for hydroxylation is 3. The lowest BCUT2D eigenvalue weighted by molar-refractivity contribution is 0.674. The monoisotopic (exact) mass is 288 g/mol. The first kappa shape index (κ1) is 14.7. The second-order valence-corrected chi connectivity index (χ2v) is 7.39. The van der Waals surface area contributed by atoms with Gasteiger partial charge in [0.05, 0.1) is 15.4 Å². The number of hydrogen-bond donors (Lipinski definition) is 0. The summed E-state index contributed by atoms with van der Waals surface area (Å²) in [6.07, 6.45) is 1.66. The van der Waals surface area contributed by atoms with Gasteiger partial charge in [-0.2, -0.15) is 4.36 Å². The summed E-state index contributed by atoms with van der Waals surface area (Å²) in [7, 11) is -2.50. The maximum absolute atomic E-state index is 13.1. The predicted molar refractivity (Wildman–Crippen MR) is 83.9 cm³/mol. The molecule has 2 rings (SSSR count). The van der Waals surface area contributed by atoms with E-state index in [1.807, 2.05) is 32.9 Å². The van der Waals surface area contributed by atoms with Crippen LogP contribution in [0.2, 0.25) is 0 Å². The fourth-order valence-corrected chi connectivity index (χ4v) is 3.88. The van der Waals surface area contributed by atoms with E-state index in [1.54, 1.807) is 12.3 Å². The molecule has 106 valence electrons. The molecule has 0 saturated heterocycles. The van der Waals surface area contributed by atoms with Crippen molar-refractivity contribution in [1.29, 1.82) is 0 Å². The van der Waals surface area contributed by atoms with Gasteiger partial charge in [0, 0.05) is 11.9 Å². The van der Waals surface area contributed by atoms with E-state index in [1.165, 1.54) is 5.56 Å². The third-order valence-corrected chi connectivity index (χ3v) is 5.39. The minimum absolute atomic E-state index is 0.455. The Bertz CT molecular complexity index is 706. The molecular weight excluding hydrogens is 268 g/mol. The van der Waals surface area contributed by atoms with Gasteiger partial charge < -0.3 is 0 Å². The Balaban J connectivity index is 2.67. The van der Waals surface area contributed by atoms with Gasteiger partial charge in [0.15, 0.2) is 0 Å². The van der Waals surface area contributed by atoms with Crippen molar-refractivity contribution in [1.82, 2.24) is 4.98 Å². The lowest BCUT2D eigenvalue weighted by Gasteiger charge is -2.11. The maximum Gasteiger partial charge on any atom is 0.136 e. The Kier molecular flexibility index (Phi) is 4.23. The molecule has 0 N–H and O–H groups in total. The van der Waals surface area contributed by atoms with Crippen molar-refractivity contribution in [2.75, 3.05) is 5.75 Å². The van der Waals surface area contributed by atoms with Gasteiger partial charge in [-0.15, -0.1) is 0 Å². The zero-order valence-corrected chi connectivity index (χ0v) is 13.2. The largest absolute Gasteiger partial charge is 0.246 e. The van der Waals surface area contributed by atoms with Crippen molar-refractivity contribution in [3.63, 3.8) is 0 Å². The van der Waals surface area contributed by atoms with E-state index in [2.05, 4.69) is 28.4 Å². The minimum Gasteiger partial charge on any atom is -0.246 e. The first-order valence-corrected chi connectivity index (χ1v) is 8.38. The van der Waals surface area contributed by atoms with Crippen LogP contribution in [-0.2, 0) is 9.73 Å². The summed E-state index contributed by atoms with van der Waals surface area (Å²) in [6, 6.07) is 9.59. The van der Waals surface area contributed by atoms with Crippen LogP contribution in [0.25, 0.3) is 0 Å². The van der Waals surface area contributed by atoms with Gasteiger partial charge in [-0.05, 0) is 44.0 Å². The van der Waals surface area contributed by atoms with Crippen molar-refractivity contribution in [3.05, 3.63) is 53.2 Å². The van der Waals surface area contributed by atoms with E-state index in [-0.39, 0.29) is 0 Å². The lowest BCUT2D eigenvalue weighted by Crippen LogP contribution is -2.06. The van der Waals surface area contributed by atoms with Gasteiger partial charge in [0.1, 0.15) is 5.03 Å². The zero-order valence-electron chi connectivity index (χ0n) is 12.4. The fourth-order valence-electron chi connectivity index (χ4n) is 2.26. The van der Waals surface area contributed by atoms with Gasteiger partial charge in [0.2, 0.25) is 0 Å². The molecule has 1 aromatic carbocycles. The minimum atomic E-state index is -2.50. The number of pyridine rings is 1. The van der Waals surface area contributed by atoms with Crippen molar-refractivity contribution in [2.24, 2.45) is 4.36 Å². The van der Waals surface area contributed by atoms with Crippen molar-refractivity contribution in [2.45, 2.75) is 32.7 Å². The van der Waals surface area contributed by atoms with Crippen LogP contribution in [0.15, 0.2) is 45.9 Å². The molecule has 3 nitrogen and oxygen atoms in total. The SMILES string of the molecule is CCS(=O)(=Nc1c(C)cc(C)cc1C)c1ccccn1. The summed E-state index contributed by atoms with van der Waals surface area (Å²) in [4.78, 5) is 4.23. The van der Waals surface area contributed by atoms with E-state index in [4.69, 9.17) is 0 Å². The number of benzene rings is 1. The Morgan fingerprint density at radius 3 is 2.30 bits per heavy atom. The summed E-state index contributed by atoms with van der Waals surface area (Å²) in [5.74, 6) is 0.455. The third kappa shape index (κ3) is 2.90. The summed E-state index contributed by atoms with van der Waals surface area (Å²) in [6.45, 7) is 7.96. The molecule has 0 radical (unpaired) electrons. The highest BCUT2D eigenvalue weighted by molar-refractivity contribution is 7.93. The van der Waals surface area contributed by atoms with Crippen LogP contribution in [0.5, 0.6) is 0 Å². The molecule has 20 heavy (non-hydrogen) atoms. The quantitative estimate of drug-likeness (QED) is 0.850. The van der Waals surface area contributed by atoms with Crippen LogP contribution in [0, 0.1) is 20.8 Å². The van der Waals surface area contributed by atoms with E-state index < -0.39 is 9.73 Å². The smallest absolute Gasteiger partial charge is 0.136 e. The number of nitrogens with zero attached hydrogens (tertiary/aromatic N) is 2. The van der Waals surface area contributed by atoms with Crippen molar-refractivity contribution in [3.8, 4) is 0 Å². The molecule has 0 spiro atoms. The highest BCUT2D eigenvalue weighted by atomic mass is 32.2. The maximum atomic E-state index is 13.1. The molecular formula is C16H20N2OS. The summed E-state index contributed by atoms with van der Waals surface area (Å²) in [5, 5.41) is 0.557. The van der Waals surface area contributed by atoms with Crippen molar-refractivity contribution < 1.29 is 4.21 Å². The predicted octanol–water partition coefficient (Wildman–Crippen LogP) is 4.19. The first-order chi connectivity index (χ1) is 9.46. The Morgan fingerprint density at radius 2 is 1.80 bits per heavy atom. The second-order valence-electron chi connectivity index (χ2n) is 4.94. The molecule has 0 amide bonds. The molecule has 0 saturated carbocycles. The second kappa shape index (κ2) is 5.75. The van der Waals surface area contributed by atoms with E-state index in [0.29, 0.717) is 10.8 Å². The van der Waals surface area contributed by atoms with E-state index in [9.17, 15) is 4.21 Å². The highest BCUT2D eigenvalue weighted by Crippen LogP contribution is 2.28. The molecule has 0 aliphatic heterocycles. The fraction of sp³-hybridized carbons (Fsp3) is 0.312. The molecule has 0 aliphatic carbocycles. The Morgan fingerprint density at radius 1 is 1.15 bits per heavy atom.